The Morgan fingerprint density at radius 1 is 1.12 bits per heavy atom. The van der Waals surface area contributed by atoms with Crippen LogP contribution in [-0.4, -0.2) is 47.7 Å². The van der Waals surface area contributed by atoms with Crippen LogP contribution in [0.2, 0.25) is 0 Å². The van der Waals surface area contributed by atoms with Crippen LogP contribution in [0.4, 0.5) is 0 Å². The molecule has 0 aromatic heterocycles. The zero-order valence-electron chi connectivity index (χ0n) is 14.6. The third-order valence-electron chi connectivity index (χ3n) is 6.53. The van der Waals surface area contributed by atoms with Crippen LogP contribution >= 0.6 is 0 Å². The lowest BCUT2D eigenvalue weighted by Crippen LogP contribution is -2.44. The molecule has 26 heavy (non-hydrogen) atoms. The van der Waals surface area contributed by atoms with Gasteiger partial charge in [-0.2, -0.15) is 0 Å². The number of ether oxygens (including phenoxy) is 2. The van der Waals surface area contributed by atoms with Gasteiger partial charge in [0.15, 0.2) is 11.5 Å². The molecule has 2 aliphatic heterocycles. The van der Waals surface area contributed by atoms with Gasteiger partial charge in [0.25, 0.3) is 0 Å². The SMILES string of the molecule is O=C(O)C1C2CCCC2CN1C(=O)C1CC1c1ccc2c(c1)OCCO2. The topological polar surface area (TPSA) is 76.1 Å². The van der Waals surface area contributed by atoms with Gasteiger partial charge in [0.1, 0.15) is 19.3 Å². The summed E-state index contributed by atoms with van der Waals surface area (Å²) in [6, 6.07) is 5.25. The summed E-state index contributed by atoms with van der Waals surface area (Å²) in [5.74, 6) is 1.24. The molecule has 3 fully saturated rings. The van der Waals surface area contributed by atoms with Crippen LogP contribution in [0, 0.1) is 17.8 Å². The zero-order valence-corrected chi connectivity index (χ0v) is 14.6. The number of benzene rings is 1. The second kappa shape index (κ2) is 5.89. The lowest BCUT2D eigenvalue weighted by atomic mass is 9.94. The lowest BCUT2D eigenvalue weighted by molar-refractivity contribution is -0.150. The predicted octanol–water partition coefficient (Wildman–Crippen LogP) is 2.27. The molecule has 2 saturated carbocycles. The maximum Gasteiger partial charge on any atom is 0.326 e. The van der Waals surface area contributed by atoms with Gasteiger partial charge in [-0.25, -0.2) is 4.79 Å². The Kier molecular flexibility index (Phi) is 3.62. The van der Waals surface area contributed by atoms with E-state index in [1.807, 2.05) is 18.2 Å². The molecule has 0 spiro atoms. The van der Waals surface area contributed by atoms with Gasteiger partial charge in [-0.1, -0.05) is 12.5 Å². The van der Waals surface area contributed by atoms with Gasteiger partial charge in [0.05, 0.1) is 0 Å². The highest BCUT2D eigenvalue weighted by atomic mass is 16.6. The van der Waals surface area contributed by atoms with Gasteiger partial charge in [0.2, 0.25) is 5.91 Å². The van der Waals surface area contributed by atoms with Crippen molar-refractivity contribution in [2.24, 2.45) is 17.8 Å². The number of carbonyl (C=O) groups is 2. The van der Waals surface area contributed by atoms with Gasteiger partial charge in [-0.15, -0.1) is 0 Å². The summed E-state index contributed by atoms with van der Waals surface area (Å²) in [4.78, 5) is 26.5. The van der Waals surface area contributed by atoms with E-state index in [1.165, 1.54) is 0 Å². The molecule has 2 heterocycles. The first-order chi connectivity index (χ1) is 12.6. The highest BCUT2D eigenvalue weighted by molar-refractivity contribution is 5.88. The average molecular weight is 357 g/mol. The second-order valence-electron chi connectivity index (χ2n) is 7.98. The van der Waals surface area contributed by atoms with Crippen molar-refractivity contribution in [1.29, 1.82) is 0 Å². The third kappa shape index (κ3) is 2.46. The summed E-state index contributed by atoms with van der Waals surface area (Å²) in [5, 5.41) is 9.67. The molecule has 1 N–H and O–H groups in total. The number of hydrogen-bond acceptors (Lipinski definition) is 4. The molecule has 2 aliphatic carbocycles. The molecule has 5 atom stereocenters. The van der Waals surface area contributed by atoms with Crippen molar-refractivity contribution in [3.05, 3.63) is 23.8 Å². The molecule has 1 aromatic rings. The number of aliphatic carboxylic acids is 1. The molecule has 5 unspecified atom stereocenters. The summed E-state index contributed by atoms with van der Waals surface area (Å²) in [5.41, 5.74) is 1.08. The summed E-state index contributed by atoms with van der Waals surface area (Å²) in [6.07, 6.45) is 3.86. The Hall–Kier alpha value is -2.24. The first-order valence-electron chi connectivity index (χ1n) is 9.56. The van der Waals surface area contributed by atoms with Crippen molar-refractivity contribution in [2.75, 3.05) is 19.8 Å². The first-order valence-corrected chi connectivity index (χ1v) is 9.56. The van der Waals surface area contributed by atoms with E-state index in [2.05, 4.69) is 0 Å². The van der Waals surface area contributed by atoms with Crippen molar-refractivity contribution in [3.63, 3.8) is 0 Å². The zero-order chi connectivity index (χ0) is 17.8. The highest BCUT2D eigenvalue weighted by Crippen LogP contribution is 2.52. The molecule has 1 amide bonds. The smallest absolute Gasteiger partial charge is 0.326 e. The molecule has 138 valence electrons. The Morgan fingerprint density at radius 3 is 2.73 bits per heavy atom. The van der Waals surface area contributed by atoms with Crippen molar-refractivity contribution >= 4 is 11.9 Å². The van der Waals surface area contributed by atoms with E-state index in [1.54, 1.807) is 4.90 Å². The average Bonchev–Trinajstić information content (AvgIpc) is 3.17. The number of rotatable bonds is 3. The van der Waals surface area contributed by atoms with Gasteiger partial charge < -0.3 is 19.5 Å². The number of carbonyl (C=O) groups excluding carboxylic acids is 1. The lowest BCUT2D eigenvalue weighted by Gasteiger charge is -2.24. The fourth-order valence-corrected chi connectivity index (χ4v) is 5.19. The Bertz CT molecular complexity index is 763. The third-order valence-corrected chi connectivity index (χ3v) is 6.53. The maximum absolute atomic E-state index is 13.0. The standard InChI is InChI=1S/C20H23NO5/c22-19(21-10-12-2-1-3-13(12)18(21)20(23)24)15-9-14(15)11-4-5-16-17(8-11)26-7-6-25-16/h4-5,8,12-15,18H,1-3,6-7,9-10H2,(H,23,24). The largest absolute Gasteiger partial charge is 0.486 e. The predicted molar refractivity (Wildman–Crippen MR) is 92.2 cm³/mol. The minimum absolute atomic E-state index is 0.0201. The Morgan fingerprint density at radius 2 is 1.92 bits per heavy atom. The number of hydrogen-bond donors (Lipinski definition) is 1. The fraction of sp³-hybridized carbons (Fsp3) is 0.600. The van der Waals surface area contributed by atoms with Crippen LogP contribution in [0.15, 0.2) is 18.2 Å². The van der Waals surface area contributed by atoms with Gasteiger partial charge in [-0.3, -0.25) is 4.79 Å². The summed E-state index contributed by atoms with van der Waals surface area (Å²) < 4.78 is 11.2. The number of amides is 1. The van der Waals surface area contributed by atoms with Crippen LogP contribution in [0.5, 0.6) is 11.5 Å². The van der Waals surface area contributed by atoms with E-state index in [0.717, 1.165) is 42.7 Å². The molecule has 4 aliphatic rings. The maximum atomic E-state index is 13.0. The van der Waals surface area contributed by atoms with Gasteiger partial charge in [-0.05, 0) is 54.7 Å². The van der Waals surface area contributed by atoms with Crippen LogP contribution in [-0.2, 0) is 9.59 Å². The molecule has 5 rings (SSSR count). The molecule has 1 aromatic carbocycles. The van der Waals surface area contributed by atoms with E-state index < -0.39 is 12.0 Å². The van der Waals surface area contributed by atoms with Crippen molar-refractivity contribution in [3.8, 4) is 11.5 Å². The van der Waals surface area contributed by atoms with E-state index in [0.29, 0.717) is 25.7 Å². The molecule has 6 heteroatoms. The monoisotopic (exact) mass is 357 g/mol. The van der Waals surface area contributed by atoms with Crippen LogP contribution < -0.4 is 9.47 Å². The second-order valence-corrected chi connectivity index (χ2v) is 7.98. The molecule has 0 bridgehead atoms. The quantitative estimate of drug-likeness (QED) is 0.898. The number of carboxylic acids is 1. The van der Waals surface area contributed by atoms with E-state index in [9.17, 15) is 14.7 Å². The minimum Gasteiger partial charge on any atom is -0.486 e. The highest BCUT2D eigenvalue weighted by Gasteiger charge is 2.54. The normalized spacial score (nSPS) is 34.5. The number of likely N-dealkylation sites (tertiary alicyclic amines) is 1. The fourth-order valence-electron chi connectivity index (χ4n) is 5.19. The Balaban J connectivity index is 1.32. The van der Waals surface area contributed by atoms with Gasteiger partial charge >= 0.3 is 5.97 Å². The number of nitrogens with zero attached hydrogens (tertiary/aromatic N) is 1. The van der Waals surface area contributed by atoms with Gasteiger partial charge in [0, 0.05) is 12.5 Å². The van der Waals surface area contributed by atoms with Crippen molar-refractivity contribution < 1.29 is 24.2 Å². The van der Waals surface area contributed by atoms with E-state index in [-0.39, 0.29) is 23.7 Å². The molecule has 6 nitrogen and oxygen atoms in total. The molecule has 1 saturated heterocycles. The summed E-state index contributed by atoms with van der Waals surface area (Å²) in [7, 11) is 0. The summed E-state index contributed by atoms with van der Waals surface area (Å²) >= 11 is 0. The number of carboxylic acid groups (broad SMARTS) is 1. The Labute approximate surface area is 152 Å². The van der Waals surface area contributed by atoms with Crippen LogP contribution in [0.3, 0.4) is 0 Å². The van der Waals surface area contributed by atoms with Crippen LogP contribution in [0.1, 0.15) is 37.2 Å². The van der Waals surface area contributed by atoms with Crippen molar-refractivity contribution in [1.82, 2.24) is 4.90 Å². The number of fused-ring (bicyclic) bond motifs is 2. The molecular weight excluding hydrogens is 334 g/mol. The van der Waals surface area contributed by atoms with E-state index in [4.69, 9.17) is 9.47 Å². The molecule has 0 radical (unpaired) electrons. The van der Waals surface area contributed by atoms with Crippen molar-refractivity contribution in [2.45, 2.75) is 37.6 Å². The minimum atomic E-state index is -0.843. The molecular formula is C20H23NO5. The first kappa shape index (κ1) is 16.0. The van der Waals surface area contributed by atoms with E-state index >= 15 is 0 Å². The van der Waals surface area contributed by atoms with Crippen LogP contribution in [0.25, 0.3) is 0 Å². The summed E-state index contributed by atoms with van der Waals surface area (Å²) in [6.45, 7) is 1.72.